The number of benzene rings is 2. The molecule has 0 saturated carbocycles. The average Bonchev–Trinajstić information content (AvgIpc) is 2.61. The first-order chi connectivity index (χ1) is 12.2. The summed E-state index contributed by atoms with van der Waals surface area (Å²) in [5.74, 6) is 0.0435. The van der Waals surface area contributed by atoms with Crippen molar-refractivity contribution >= 4 is 27.5 Å². The topological polar surface area (TPSA) is 80.5 Å². The summed E-state index contributed by atoms with van der Waals surface area (Å²) >= 11 is 5.86. The second-order valence-electron chi connectivity index (χ2n) is 6.27. The van der Waals surface area contributed by atoms with Crippen LogP contribution in [0.3, 0.4) is 0 Å². The Morgan fingerprint density at radius 1 is 1.12 bits per heavy atom. The Balaban J connectivity index is 1.91. The maximum Gasteiger partial charge on any atom is 0.238 e. The van der Waals surface area contributed by atoms with E-state index in [9.17, 15) is 13.2 Å². The highest BCUT2D eigenvalue weighted by Gasteiger charge is 2.18. The van der Waals surface area contributed by atoms with Crippen molar-refractivity contribution in [3.05, 3.63) is 64.7 Å². The van der Waals surface area contributed by atoms with Crippen molar-refractivity contribution in [3.63, 3.8) is 0 Å². The van der Waals surface area contributed by atoms with E-state index in [0.717, 1.165) is 24.0 Å². The van der Waals surface area contributed by atoms with Gasteiger partial charge in [-0.25, -0.2) is 13.6 Å². The summed E-state index contributed by atoms with van der Waals surface area (Å²) < 4.78 is 22.6. The summed E-state index contributed by atoms with van der Waals surface area (Å²) in [5, 5.41) is 5.80. The van der Waals surface area contributed by atoms with E-state index in [-0.39, 0.29) is 16.8 Å². The molecule has 140 valence electrons. The zero-order chi connectivity index (χ0) is 19.3. The first-order valence-electron chi connectivity index (χ1n) is 8.31. The number of halogens is 1. The monoisotopic (exact) mass is 394 g/mol. The first kappa shape index (κ1) is 20.4. The zero-order valence-electron chi connectivity index (χ0n) is 14.9. The Hall–Kier alpha value is -1.89. The third-order valence-electron chi connectivity index (χ3n) is 4.43. The van der Waals surface area contributed by atoms with Gasteiger partial charge in [0.05, 0.1) is 10.9 Å². The van der Waals surface area contributed by atoms with E-state index in [1.54, 1.807) is 24.1 Å². The number of primary sulfonamides is 1. The molecule has 7 heteroatoms. The van der Waals surface area contributed by atoms with Crippen LogP contribution in [0, 0.1) is 0 Å². The number of hydrogen-bond donors (Lipinski definition) is 1. The molecule has 26 heavy (non-hydrogen) atoms. The van der Waals surface area contributed by atoms with Crippen molar-refractivity contribution < 1.29 is 13.2 Å². The zero-order valence-corrected chi connectivity index (χ0v) is 16.4. The van der Waals surface area contributed by atoms with Crippen molar-refractivity contribution in [3.8, 4) is 0 Å². The van der Waals surface area contributed by atoms with Gasteiger partial charge in [0.15, 0.2) is 0 Å². The Labute approximate surface area is 159 Å². The third kappa shape index (κ3) is 5.56. The molecule has 0 aliphatic carbocycles. The number of aryl methyl sites for hydroxylation is 1. The molecule has 5 nitrogen and oxygen atoms in total. The number of rotatable bonds is 7. The number of carbonyl (C=O) groups is 1. The number of carbonyl (C=O) groups excluding carboxylic acids is 1. The van der Waals surface area contributed by atoms with Crippen LogP contribution in [0.15, 0.2) is 53.4 Å². The van der Waals surface area contributed by atoms with Crippen LogP contribution in [0.25, 0.3) is 0 Å². The lowest BCUT2D eigenvalue weighted by Crippen LogP contribution is -2.29. The summed E-state index contributed by atoms with van der Waals surface area (Å²) in [6.45, 7) is 1.91. The molecular weight excluding hydrogens is 372 g/mol. The highest BCUT2D eigenvalue weighted by Crippen LogP contribution is 2.21. The summed E-state index contributed by atoms with van der Waals surface area (Å²) in [7, 11) is -1.96. The van der Waals surface area contributed by atoms with Crippen LogP contribution in [-0.2, 0) is 21.2 Å². The van der Waals surface area contributed by atoms with Gasteiger partial charge in [-0.3, -0.25) is 4.79 Å². The highest BCUT2D eigenvalue weighted by atomic mass is 35.5. The number of nitrogens with two attached hydrogens (primary N) is 1. The fourth-order valence-corrected chi connectivity index (χ4v) is 3.29. The van der Waals surface area contributed by atoms with Crippen molar-refractivity contribution in [1.82, 2.24) is 4.90 Å². The predicted octanol–water partition coefficient (Wildman–Crippen LogP) is 3.53. The molecule has 2 aromatic rings. The molecule has 0 bridgehead atoms. The van der Waals surface area contributed by atoms with E-state index in [4.69, 9.17) is 16.7 Å². The molecule has 1 amide bonds. The van der Waals surface area contributed by atoms with E-state index < -0.39 is 10.0 Å². The van der Waals surface area contributed by atoms with E-state index in [1.165, 1.54) is 12.1 Å². The number of nitrogens with zero attached hydrogens (tertiary/aromatic N) is 1. The van der Waals surface area contributed by atoms with Crippen LogP contribution >= 0.6 is 11.6 Å². The average molecular weight is 395 g/mol. The SMILES string of the molecule is CC(c1ccc(S(N)(=O)=O)cc1)N(C)C(=O)CCCc1ccc(Cl)cc1. The molecule has 1 unspecified atom stereocenters. The Morgan fingerprint density at radius 3 is 2.23 bits per heavy atom. The molecule has 1 atom stereocenters. The lowest BCUT2D eigenvalue weighted by molar-refractivity contribution is -0.131. The van der Waals surface area contributed by atoms with E-state index in [0.29, 0.717) is 11.4 Å². The van der Waals surface area contributed by atoms with Crippen molar-refractivity contribution in [1.29, 1.82) is 0 Å². The smallest absolute Gasteiger partial charge is 0.238 e. The molecule has 0 aliphatic heterocycles. The van der Waals surface area contributed by atoms with Gasteiger partial charge < -0.3 is 4.90 Å². The van der Waals surface area contributed by atoms with Crippen LogP contribution in [0.4, 0.5) is 0 Å². The molecule has 0 saturated heterocycles. The number of hydrogen-bond acceptors (Lipinski definition) is 3. The molecular formula is C19H23ClN2O3S. The van der Waals surface area contributed by atoms with E-state index >= 15 is 0 Å². The number of sulfonamides is 1. The minimum absolute atomic E-state index is 0.0435. The van der Waals surface area contributed by atoms with Crippen LogP contribution in [0.2, 0.25) is 5.02 Å². The Bertz CT molecular complexity index is 849. The normalized spacial score (nSPS) is 12.6. The summed E-state index contributed by atoms with van der Waals surface area (Å²) in [6.07, 6.45) is 2.01. The molecule has 0 aromatic heterocycles. The van der Waals surface area contributed by atoms with Crippen molar-refractivity contribution in [2.24, 2.45) is 5.14 Å². The van der Waals surface area contributed by atoms with E-state index in [2.05, 4.69) is 0 Å². The molecule has 0 heterocycles. The van der Waals surface area contributed by atoms with Gasteiger partial charge in [0.25, 0.3) is 0 Å². The second kappa shape index (κ2) is 8.66. The van der Waals surface area contributed by atoms with Crippen LogP contribution < -0.4 is 5.14 Å². The largest absolute Gasteiger partial charge is 0.339 e. The summed E-state index contributed by atoms with van der Waals surface area (Å²) in [6, 6.07) is 13.7. The first-order valence-corrected chi connectivity index (χ1v) is 10.2. The van der Waals surface area contributed by atoms with Gasteiger partial charge in [0, 0.05) is 18.5 Å². The second-order valence-corrected chi connectivity index (χ2v) is 8.27. The fraction of sp³-hybridized carbons (Fsp3) is 0.316. The number of amides is 1. The van der Waals surface area contributed by atoms with Gasteiger partial charge in [0.1, 0.15) is 0 Å². The van der Waals surface area contributed by atoms with Crippen molar-refractivity contribution in [2.75, 3.05) is 7.05 Å². The van der Waals surface area contributed by atoms with Gasteiger partial charge in [-0.1, -0.05) is 35.9 Å². The van der Waals surface area contributed by atoms with Gasteiger partial charge >= 0.3 is 0 Å². The maximum atomic E-state index is 12.4. The molecule has 2 N–H and O–H groups in total. The summed E-state index contributed by atoms with van der Waals surface area (Å²) in [5.41, 5.74) is 2.00. The van der Waals surface area contributed by atoms with Crippen LogP contribution in [0.5, 0.6) is 0 Å². The minimum Gasteiger partial charge on any atom is -0.339 e. The molecule has 0 radical (unpaired) electrons. The van der Waals surface area contributed by atoms with Gasteiger partial charge in [-0.05, 0) is 55.2 Å². The van der Waals surface area contributed by atoms with Gasteiger partial charge in [-0.2, -0.15) is 0 Å². The molecule has 2 aromatic carbocycles. The standard InChI is InChI=1S/C19H23ClN2O3S/c1-14(16-8-12-18(13-9-16)26(21,24)25)22(2)19(23)5-3-4-15-6-10-17(20)11-7-15/h6-14H,3-5H2,1-2H3,(H2,21,24,25). The molecule has 2 rings (SSSR count). The lowest BCUT2D eigenvalue weighted by atomic mass is 10.1. The predicted molar refractivity (Wildman–Crippen MR) is 103 cm³/mol. The lowest BCUT2D eigenvalue weighted by Gasteiger charge is -2.25. The Kier molecular flexibility index (Phi) is 6.81. The molecule has 0 fully saturated rings. The molecule has 0 aliphatic rings. The highest BCUT2D eigenvalue weighted by molar-refractivity contribution is 7.89. The van der Waals surface area contributed by atoms with Gasteiger partial charge in [0.2, 0.25) is 15.9 Å². The quantitative estimate of drug-likeness (QED) is 0.779. The van der Waals surface area contributed by atoms with Crippen LogP contribution in [-0.4, -0.2) is 26.3 Å². The van der Waals surface area contributed by atoms with Gasteiger partial charge in [-0.15, -0.1) is 0 Å². The van der Waals surface area contributed by atoms with Crippen molar-refractivity contribution in [2.45, 2.75) is 37.1 Å². The molecule has 0 spiro atoms. The maximum absolute atomic E-state index is 12.4. The third-order valence-corrected chi connectivity index (χ3v) is 5.62. The summed E-state index contributed by atoms with van der Waals surface area (Å²) in [4.78, 5) is 14.2. The van der Waals surface area contributed by atoms with Crippen LogP contribution in [0.1, 0.15) is 36.9 Å². The Morgan fingerprint density at radius 2 is 1.69 bits per heavy atom. The minimum atomic E-state index is -3.71. The fourth-order valence-electron chi connectivity index (χ4n) is 2.65. The van der Waals surface area contributed by atoms with E-state index in [1.807, 2.05) is 31.2 Å².